The minimum absolute atomic E-state index is 0.0208. The molecular formula is C6H12ClNO4. The standard InChI is InChI=1S/C5H11NO2.CHClO2/c1-3(2)4(6)5(7)8;2-1(3)4/h3-4H,6H2,1-2H3,(H,7,8);(H,3,4)/t4-;/m0./s1. The molecule has 1 atom stereocenters. The Morgan fingerprint density at radius 2 is 1.58 bits per heavy atom. The monoisotopic (exact) mass is 197 g/mol. The summed E-state index contributed by atoms with van der Waals surface area (Å²) >= 11 is 4.19. The first-order valence-corrected chi connectivity index (χ1v) is 3.53. The van der Waals surface area contributed by atoms with Crippen molar-refractivity contribution in [3.05, 3.63) is 0 Å². The van der Waals surface area contributed by atoms with Crippen LogP contribution in [-0.2, 0) is 4.79 Å². The van der Waals surface area contributed by atoms with Crippen LogP contribution in [-0.4, -0.2) is 27.7 Å². The summed E-state index contributed by atoms with van der Waals surface area (Å²) in [6.07, 6.45) is 0. The van der Waals surface area contributed by atoms with E-state index >= 15 is 0 Å². The van der Waals surface area contributed by atoms with E-state index in [1.807, 2.05) is 0 Å². The number of aliphatic carboxylic acids is 1. The lowest BCUT2D eigenvalue weighted by Crippen LogP contribution is -2.34. The van der Waals surface area contributed by atoms with E-state index in [9.17, 15) is 4.79 Å². The Labute approximate surface area is 75.1 Å². The quantitative estimate of drug-likeness (QED) is 0.573. The van der Waals surface area contributed by atoms with Crippen LogP contribution in [0.4, 0.5) is 4.79 Å². The summed E-state index contributed by atoms with van der Waals surface area (Å²) in [6.45, 7) is 3.55. The first kappa shape index (κ1) is 13.8. The molecular weight excluding hydrogens is 186 g/mol. The second-order valence-electron chi connectivity index (χ2n) is 2.36. The van der Waals surface area contributed by atoms with E-state index in [4.69, 9.17) is 20.7 Å². The second kappa shape index (κ2) is 6.87. The van der Waals surface area contributed by atoms with Gasteiger partial charge in [0.15, 0.2) is 0 Å². The van der Waals surface area contributed by atoms with Crippen molar-refractivity contribution in [1.29, 1.82) is 0 Å². The van der Waals surface area contributed by atoms with Crippen LogP contribution in [0.15, 0.2) is 0 Å². The minimum atomic E-state index is -1.36. The zero-order valence-corrected chi connectivity index (χ0v) is 7.58. The van der Waals surface area contributed by atoms with Gasteiger partial charge in [-0.25, -0.2) is 4.79 Å². The Balaban J connectivity index is 0. The molecule has 72 valence electrons. The van der Waals surface area contributed by atoms with Crippen LogP contribution in [0.25, 0.3) is 0 Å². The van der Waals surface area contributed by atoms with Gasteiger partial charge in [0.2, 0.25) is 0 Å². The third-order valence-corrected chi connectivity index (χ3v) is 1.00. The van der Waals surface area contributed by atoms with E-state index in [2.05, 4.69) is 11.6 Å². The summed E-state index contributed by atoms with van der Waals surface area (Å²) in [6, 6.07) is -0.713. The Bertz CT molecular complexity index is 156. The summed E-state index contributed by atoms with van der Waals surface area (Å²) in [4.78, 5) is 18.8. The average Bonchev–Trinajstić information content (AvgIpc) is 1.84. The van der Waals surface area contributed by atoms with Gasteiger partial charge in [-0.3, -0.25) is 4.79 Å². The first-order chi connectivity index (χ1) is 5.29. The van der Waals surface area contributed by atoms with E-state index in [0.29, 0.717) is 0 Å². The number of hydrogen-bond acceptors (Lipinski definition) is 3. The zero-order valence-electron chi connectivity index (χ0n) is 6.82. The van der Waals surface area contributed by atoms with Crippen molar-refractivity contribution in [2.75, 3.05) is 0 Å². The van der Waals surface area contributed by atoms with Gasteiger partial charge in [0.1, 0.15) is 6.04 Å². The lowest BCUT2D eigenvalue weighted by atomic mass is 10.1. The number of rotatable bonds is 2. The van der Waals surface area contributed by atoms with Crippen LogP contribution in [0.2, 0.25) is 0 Å². The molecule has 4 N–H and O–H groups in total. The van der Waals surface area contributed by atoms with Gasteiger partial charge in [-0.05, 0) is 5.92 Å². The summed E-state index contributed by atoms with van der Waals surface area (Å²) in [5.41, 5.74) is 3.80. The van der Waals surface area contributed by atoms with Crippen LogP contribution < -0.4 is 5.73 Å². The van der Waals surface area contributed by atoms with Crippen LogP contribution in [0, 0.1) is 5.92 Å². The highest BCUT2D eigenvalue weighted by Crippen LogP contribution is 1.96. The van der Waals surface area contributed by atoms with Crippen molar-refractivity contribution in [3.63, 3.8) is 0 Å². The molecule has 0 unspecified atom stereocenters. The SMILES string of the molecule is CC(C)[C@H](N)C(=O)O.O=C(O)Cl. The van der Waals surface area contributed by atoms with Crippen LogP contribution >= 0.6 is 11.6 Å². The normalized spacial score (nSPS) is 11.4. The number of carboxylic acids is 1. The van der Waals surface area contributed by atoms with Gasteiger partial charge >= 0.3 is 11.4 Å². The predicted molar refractivity (Wildman–Crippen MR) is 44.3 cm³/mol. The summed E-state index contributed by atoms with van der Waals surface area (Å²) in [5, 5.41) is 15.4. The molecule has 0 aromatic heterocycles. The van der Waals surface area contributed by atoms with Gasteiger partial charge < -0.3 is 15.9 Å². The molecule has 0 aliphatic heterocycles. The van der Waals surface area contributed by atoms with Crippen molar-refractivity contribution in [1.82, 2.24) is 0 Å². The van der Waals surface area contributed by atoms with Gasteiger partial charge in [-0.15, -0.1) is 0 Å². The van der Waals surface area contributed by atoms with E-state index in [0.717, 1.165) is 0 Å². The highest BCUT2D eigenvalue weighted by Gasteiger charge is 2.14. The largest absolute Gasteiger partial charge is 0.480 e. The Hall–Kier alpha value is -0.810. The molecule has 0 spiro atoms. The molecule has 0 aromatic carbocycles. The molecule has 0 aromatic rings. The Morgan fingerprint density at radius 1 is 1.33 bits per heavy atom. The van der Waals surface area contributed by atoms with Crippen LogP contribution in [0.5, 0.6) is 0 Å². The molecule has 0 radical (unpaired) electrons. The maximum atomic E-state index is 10.0. The molecule has 0 aliphatic rings. The van der Waals surface area contributed by atoms with Gasteiger partial charge in [0.25, 0.3) is 0 Å². The summed E-state index contributed by atoms with van der Waals surface area (Å²) in [7, 11) is 0. The van der Waals surface area contributed by atoms with Crippen LogP contribution in [0.3, 0.4) is 0 Å². The number of nitrogens with two attached hydrogens (primary N) is 1. The van der Waals surface area contributed by atoms with Gasteiger partial charge in [0, 0.05) is 11.6 Å². The van der Waals surface area contributed by atoms with E-state index in [1.54, 1.807) is 13.8 Å². The van der Waals surface area contributed by atoms with Crippen LogP contribution in [0.1, 0.15) is 13.8 Å². The van der Waals surface area contributed by atoms with Crippen molar-refractivity contribution >= 4 is 23.0 Å². The molecule has 6 heteroatoms. The molecule has 0 aliphatic carbocycles. The molecule has 0 saturated heterocycles. The number of carbonyl (C=O) groups is 2. The summed E-state index contributed by atoms with van der Waals surface area (Å²) < 4.78 is 0. The van der Waals surface area contributed by atoms with Crippen molar-refractivity contribution < 1.29 is 19.8 Å². The predicted octanol–water partition coefficient (Wildman–Crippen LogP) is 0.958. The second-order valence-corrected chi connectivity index (χ2v) is 2.68. The van der Waals surface area contributed by atoms with E-state index in [-0.39, 0.29) is 5.92 Å². The van der Waals surface area contributed by atoms with Gasteiger partial charge in [0.05, 0.1) is 0 Å². The minimum Gasteiger partial charge on any atom is -0.480 e. The highest BCUT2D eigenvalue weighted by atomic mass is 35.5. The maximum absolute atomic E-state index is 10.0. The molecule has 12 heavy (non-hydrogen) atoms. The molecule has 0 bridgehead atoms. The van der Waals surface area contributed by atoms with Crippen molar-refractivity contribution in [2.45, 2.75) is 19.9 Å². The molecule has 0 heterocycles. The molecule has 0 fully saturated rings. The molecule has 0 saturated carbocycles. The fourth-order valence-electron chi connectivity index (χ4n) is 0.285. The van der Waals surface area contributed by atoms with Crippen molar-refractivity contribution in [3.8, 4) is 0 Å². The third kappa shape index (κ3) is 11.9. The molecule has 5 nitrogen and oxygen atoms in total. The fraction of sp³-hybridized carbons (Fsp3) is 0.667. The lowest BCUT2D eigenvalue weighted by molar-refractivity contribution is -0.139. The van der Waals surface area contributed by atoms with Crippen molar-refractivity contribution in [2.24, 2.45) is 11.7 Å². The van der Waals surface area contributed by atoms with Gasteiger partial charge in [-0.2, -0.15) is 0 Å². The topological polar surface area (TPSA) is 101 Å². The summed E-state index contributed by atoms with van der Waals surface area (Å²) in [5.74, 6) is -0.910. The van der Waals surface area contributed by atoms with E-state index in [1.165, 1.54) is 0 Å². The first-order valence-electron chi connectivity index (χ1n) is 3.15. The number of hydrogen-bond donors (Lipinski definition) is 3. The smallest absolute Gasteiger partial charge is 0.401 e. The Morgan fingerprint density at radius 3 is 1.58 bits per heavy atom. The number of carboxylic acid groups (broad SMARTS) is 2. The third-order valence-electron chi connectivity index (χ3n) is 1.00. The maximum Gasteiger partial charge on any atom is 0.401 e. The molecule has 0 amide bonds. The zero-order chi connectivity index (χ0) is 10.3. The molecule has 0 rings (SSSR count). The average molecular weight is 198 g/mol. The Kier molecular flexibility index (Phi) is 7.88. The highest BCUT2D eigenvalue weighted by molar-refractivity contribution is 6.60. The number of halogens is 1. The lowest BCUT2D eigenvalue weighted by Gasteiger charge is -2.07. The fourth-order valence-corrected chi connectivity index (χ4v) is 0.285. The van der Waals surface area contributed by atoms with E-state index < -0.39 is 17.4 Å². The van der Waals surface area contributed by atoms with Gasteiger partial charge in [-0.1, -0.05) is 13.8 Å².